The lowest BCUT2D eigenvalue weighted by molar-refractivity contribution is -0.0239. The number of likely N-dealkylation sites (N-methyl/N-ethyl adjacent to an activating group) is 1. The smallest absolute Gasteiger partial charge is 0.0619 e. The minimum atomic E-state index is 0.542. The molecule has 1 aliphatic heterocycles. The number of nitrogens with zero attached hydrogens (tertiary/aromatic N) is 1. The summed E-state index contributed by atoms with van der Waals surface area (Å²) in [5, 5.41) is 3.30. The van der Waals surface area contributed by atoms with Crippen LogP contribution in [0.2, 0.25) is 0 Å². The van der Waals surface area contributed by atoms with E-state index in [0.29, 0.717) is 18.1 Å². The summed E-state index contributed by atoms with van der Waals surface area (Å²) in [5.74, 6) is 0. The lowest BCUT2D eigenvalue weighted by atomic mass is 10.1. The zero-order chi connectivity index (χ0) is 9.84. The topological polar surface area (TPSA) is 24.5 Å². The monoisotopic (exact) mass is 186 g/mol. The van der Waals surface area contributed by atoms with Gasteiger partial charge in [0.25, 0.3) is 0 Å². The van der Waals surface area contributed by atoms with Crippen LogP contribution in [0.15, 0.2) is 0 Å². The number of ether oxygens (including phenoxy) is 1. The summed E-state index contributed by atoms with van der Waals surface area (Å²) in [6, 6.07) is 1.68. The van der Waals surface area contributed by atoms with Crippen molar-refractivity contribution >= 4 is 0 Å². The molecule has 3 heteroatoms. The lowest BCUT2D eigenvalue weighted by Gasteiger charge is -2.40. The van der Waals surface area contributed by atoms with Crippen LogP contribution in [-0.4, -0.2) is 49.8 Å². The molecule has 0 aromatic rings. The fraction of sp³-hybridized carbons (Fsp3) is 1.00. The number of hydrogen-bond acceptors (Lipinski definition) is 3. The summed E-state index contributed by atoms with van der Waals surface area (Å²) in [5.41, 5.74) is 0. The lowest BCUT2D eigenvalue weighted by Crippen LogP contribution is -2.54. The number of hydrogen-bond donors (Lipinski definition) is 1. The van der Waals surface area contributed by atoms with Crippen LogP contribution >= 0.6 is 0 Å². The van der Waals surface area contributed by atoms with Crippen LogP contribution in [0.5, 0.6) is 0 Å². The van der Waals surface area contributed by atoms with E-state index in [2.05, 4.69) is 31.0 Å². The van der Waals surface area contributed by atoms with Crippen LogP contribution in [0.4, 0.5) is 0 Å². The van der Waals surface area contributed by atoms with Crippen molar-refractivity contribution in [2.75, 3.05) is 26.8 Å². The first-order chi connectivity index (χ1) is 6.16. The third-order valence-electron chi connectivity index (χ3n) is 3.12. The molecule has 1 N–H and O–H groups in total. The summed E-state index contributed by atoms with van der Waals surface area (Å²) in [7, 11) is 2.02. The second kappa shape index (κ2) is 4.94. The van der Waals surface area contributed by atoms with E-state index in [0.717, 1.165) is 19.8 Å². The predicted octanol–water partition coefficient (Wildman–Crippen LogP) is 0.704. The van der Waals surface area contributed by atoms with Gasteiger partial charge in [-0.3, -0.25) is 4.90 Å². The predicted molar refractivity (Wildman–Crippen MR) is 55.0 cm³/mol. The van der Waals surface area contributed by atoms with Gasteiger partial charge in [0.2, 0.25) is 0 Å². The zero-order valence-electron chi connectivity index (χ0n) is 9.21. The van der Waals surface area contributed by atoms with Crippen molar-refractivity contribution in [1.82, 2.24) is 10.2 Å². The Bertz CT molecular complexity index is 152. The Hall–Kier alpha value is -0.120. The molecule has 1 aliphatic rings. The van der Waals surface area contributed by atoms with Gasteiger partial charge in [0.05, 0.1) is 13.2 Å². The molecule has 78 valence electrons. The van der Waals surface area contributed by atoms with Gasteiger partial charge in [0.15, 0.2) is 0 Å². The molecule has 0 spiro atoms. The number of nitrogens with one attached hydrogen (secondary N) is 1. The SMILES string of the molecule is CNC(C)C(C)N1CCOCC1C. The average molecular weight is 186 g/mol. The van der Waals surface area contributed by atoms with E-state index < -0.39 is 0 Å². The van der Waals surface area contributed by atoms with Crippen molar-refractivity contribution < 1.29 is 4.74 Å². The molecule has 0 radical (unpaired) electrons. The summed E-state index contributed by atoms with van der Waals surface area (Å²) < 4.78 is 5.41. The molecule has 13 heavy (non-hydrogen) atoms. The summed E-state index contributed by atoms with van der Waals surface area (Å²) in [4.78, 5) is 2.52. The standard InChI is InChI=1S/C10H22N2O/c1-8-7-13-6-5-12(8)10(3)9(2)11-4/h8-11H,5-7H2,1-4H3. The van der Waals surface area contributed by atoms with Gasteiger partial charge in [-0.15, -0.1) is 0 Å². The molecule has 0 bridgehead atoms. The van der Waals surface area contributed by atoms with Crippen molar-refractivity contribution in [2.45, 2.75) is 38.9 Å². The van der Waals surface area contributed by atoms with Crippen LogP contribution in [0, 0.1) is 0 Å². The molecule has 3 unspecified atom stereocenters. The first-order valence-electron chi connectivity index (χ1n) is 5.17. The summed E-state index contributed by atoms with van der Waals surface area (Å²) in [6.07, 6.45) is 0. The molecule has 1 saturated heterocycles. The van der Waals surface area contributed by atoms with Gasteiger partial charge in [-0.25, -0.2) is 0 Å². The molecular weight excluding hydrogens is 164 g/mol. The third-order valence-corrected chi connectivity index (χ3v) is 3.12. The van der Waals surface area contributed by atoms with Gasteiger partial charge in [-0.2, -0.15) is 0 Å². The maximum absolute atomic E-state index is 5.41. The van der Waals surface area contributed by atoms with Crippen LogP contribution < -0.4 is 5.32 Å². The van der Waals surface area contributed by atoms with E-state index in [-0.39, 0.29) is 0 Å². The Labute approximate surface area is 81.4 Å². The Balaban J connectivity index is 2.47. The van der Waals surface area contributed by atoms with Gasteiger partial charge in [0, 0.05) is 24.7 Å². The minimum Gasteiger partial charge on any atom is -0.379 e. The molecule has 0 aromatic heterocycles. The Morgan fingerprint density at radius 3 is 2.69 bits per heavy atom. The van der Waals surface area contributed by atoms with Crippen molar-refractivity contribution in [3.8, 4) is 0 Å². The first-order valence-corrected chi connectivity index (χ1v) is 5.17. The molecule has 0 aliphatic carbocycles. The average Bonchev–Trinajstić information content (AvgIpc) is 2.16. The Kier molecular flexibility index (Phi) is 4.16. The van der Waals surface area contributed by atoms with Crippen LogP contribution in [-0.2, 0) is 4.74 Å². The second-order valence-corrected chi connectivity index (χ2v) is 3.98. The van der Waals surface area contributed by atoms with E-state index in [1.165, 1.54) is 0 Å². The molecule has 3 atom stereocenters. The molecule has 0 amide bonds. The number of morpholine rings is 1. The maximum Gasteiger partial charge on any atom is 0.0619 e. The molecular formula is C10H22N2O. The molecule has 1 fully saturated rings. The molecule has 0 aromatic carbocycles. The first kappa shape index (κ1) is 11.0. The normalized spacial score (nSPS) is 30.0. The second-order valence-electron chi connectivity index (χ2n) is 3.98. The highest BCUT2D eigenvalue weighted by Gasteiger charge is 2.26. The fourth-order valence-electron chi connectivity index (χ4n) is 1.87. The highest BCUT2D eigenvalue weighted by molar-refractivity contribution is 4.82. The summed E-state index contributed by atoms with van der Waals surface area (Å²) >= 11 is 0. The number of rotatable bonds is 3. The van der Waals surface area contributed by atoms with Crippen LogP contribution in [0.3, 0.4) is 0 Å². The Morgan fingerprint density at radius 2 is 2.15 bits per heavy atom. The van der Waals surface area contributed by atoms with Gasteiger partial charge in [-0.05, 0) is 27.8 Å². The van der Waals surface area contributed by atoms with Gasteiger partial charge in [0.1, 0.15) is 0 Å². The van der Waals surface area contributed by atoms with Crippen molar-refractivity contribution in [3.05, 3.63) is 0 Å². The molecule has 1 heterocycles. The molecule has 3 nitrogen and oxygen atoms in total. The third kappa shape index (κ3) is 2.66. The largest absolute Gasteiger partial charge is 0.379 e. The van der Waals surface area contributed by atoms with Gasteiger partial charge in [-0.1, -0.05) is 0 Å². The maximum atomic E-state index is 5.41. The van der Waals surface area contributed by atoms with Crippen molar-refractivity contribution in [2.24, 2.45) is 0 Å². The highest BCUT2D eigenvalue weighted by Crippen LogP contribution is 2.12. The van der Waals surface area contributed by atoms with E-state index in [9.17, 15) is 0 Å². The van der Waals surface area contributed by atoms with E-state index >= 15 is 0 Å². The van der Waals surface area contributed by atoms with E-state index in [4.69, 9.17) is 4.74 Å². The minimum absolute atomic E-state index is 0.542. The quantitative estimate of drug-likeness (QED) is 0.702. The molecule has 1 rings (SSSR count). The van der Waals surface area contributed by atoms with Crippen molar-refractivity contribution in [3.63, 3.8) is 0 Å². The summed E-state index contributed by atoms with van der Waals surface area (Å²) in [6.45, 7) is 9.56. The zero-order valence-corrected chi connectivity index (χ0v) is 9.21. The van der Waals surface area contributed by atoms with Crippen LogP contribution in [0.1, 0.15) is 20.8 Å². The van der Waals surface area contributed by atoms with E-state index in [1.807, 2.05) is 7.05 Å². The van der Waals surface area contributed by atoms with Gasteiger partial charge < -0.3 is 10.1 Å². The Morgan fingerprint density at radius 1 is 1.46 bits per heavy atom. The van der Waals surface area contributed by atoms with Crippen molar-refractivity contribution in [1.29, 1.82) is 0 Å². The van der Waals surface area contributed by atoms with Crippen LogP contribution in [0.25, 0.3) is 0 Å². The fourth-order valence-corrected chi connectivity index (χ4v) is 1.87. The highest BCUT2D eigenvalue weighted by atomic mass is 16.5. The van der Waals surface area contributed by atoms with E-state index in [1.54, 1.807) is 0 Å². The van der Waals surface area contributed by atoms with Gasteiger partial charge >= 0.3 is 0 Å². The molecule has 0 saturated carbocycles.